The molecule has 0 saturated carbocycles. The largest absolute Gasteiger partial charge is 0.506 e. The maximum absolute atomic E-state index is 11.0. The number of esters is 1. The van der Waals surface area contributed by atoms with Gasteiger partial charge in [-0.25, -0.2) is 0 Å². The number of carbonyl (C=O) groups is 2. The molecule has 0 saturated heterocycles. The van der Waals surface area contributed by atoms with Crippen molar-refractivity contribution in [1.82, 2.24) is 0 Å². The van der Waals surface area contributed by atoms with E-state index in [0.717, 1.165) is 0 Å². The number of benzene rings is 1. The van der Waals surface area contributed by atoms with Crippen molar-refractivity contribution in [2.75, 3.05) is 6.61 Å². The summed E-state index contributed by atoms with van der Waals surface area (Å²) in [5.74, 6) is 4.62. The molecule has 0 aromatic heterocycles. The quantitative estimate of drug-likeness (QED) is 0.487. The molecule has 0 fully saturated rings. The molecule has 0 unspecified atom stereocenters. The van der Waals surface area contributed by atoms with E-state index in [-0.39, 0.29) is 17.7 Å². The Balaban J connectivity index is 2.79. The molecule has 0 aliphatic carbocycles. The Kier molecular flexibility index (Phi) is 4.77. The van der Waals surface area contributed by atoms with Crippen LogP contribution in [-0.4, -0.2) is 24.0 Å². The van der Waals surface area contributed by atoms with Crippen LogP contribution < -0.4 is 0 Å². The SMILES string of the molecule is CCOC(=O)CC#Cc1cccc(C=O)c1O. The van der Waals surface area contributed by atoms with Gasteiger partial charge < -0.3 is 9.84 Å². The molecule has 88 valence electrons. The van der Waals surface area contributed by atoms with Gasteiger partial charge in [0.25, 0.3) is 0 Å². The van der Waals surface area contributed by atoms with Crippen molar-refractivity contribution >= 4 is 12.3 Å². The summed E-state index contributed by atoms with van der Waals surface area (Å²) in [6.07, 6.45) is 0.504. The summed E-state index contributed by atoms with van der Waals surface area (Å²) in [4.78, 5) is 21.6. The van der Waals surface area contributed by atoms with Crippen molar-refractivity contribution in [2.24, 2.45) is 0 Å². The van der Waals surface area contributed by atoms with E-state index < -0.39 is 5.97 Å². The number of hydrogen-bond donors (Lipinski definition) is 1. The Morgan fingerprint density at radius 1 is 1.53 bits per heavy atom. The smallest absolute Gasteiger partial charge is 0.317 e. The second-order valence-corrected chi connectivity index (χ2v) is 3.14. The normalized spacial score (nSPS) is 9.00. The van der Waals surface area contributed by atoms with Crippen molar-refractivity contribution < 1.29 is 19.4 Å². The lowest BCUT2D eigenvalue weighted by Gasteiger charge is -1.99. The Morgan fingerprint density at radius 2 is 2.29 bits per heavy atom. The van der Waals surface area contributed by atoms with Crippen LogP contribution in [0.4, 0.5) is 0 Å². The molecule has 1 aromatic carbocycles. The number of phenolic OH excluding ortho intramolecular Hbond substituents is 1. The molecule has 1 aromatic rings. The first-order valence-electron chi connectivity index (χ1n) is 5.10. The Labute approximate surface area is 99.2 Å². The predicted octanol–water partition coefficient (Wildman–Crippen LogP) is 1.51. The van der Waals surface area contributed by atoms with Gasteiger partial charge in [0.1, 0.15) is 12.2 Å². The fraction of sp³-hybridized carbons (Fsp3) is 0.231. The van der Waals surface area contributed by atoms with Gasteiger partial charge in [0.15, 0.2) is 6.29 Å². The molecule has 0 radical (unpaired) electrons. The predicted molar refractivity (Wildman–Crippen MR) is 61.6 cm³/mol. The Morgan fingerprint density at radius 3 is 2.94 bits per heavy atom. The van der Waals surface area contributed by atoms with E-state index in [2.05, 4.69) is 11.8 Å². The first-order valence-corrected chi connectivity index (χ1v) is 5.10. The van der Waals surface area contributed by atoms with Crippen LogP contribution in [0.15, 0.2) is 18.2 Å². The second kappa shape index (κ2) is 6.33. The van der Waals surface area contributed by atoms with Gasteiger partial charge in [-0.1, -0.05) is 17.9 Å². The van der Waals surface area contributed by atoms with Gasteiger partial charge in [-0.3, -0.25) is 9.59 Å². The minimum atomic E-state index is -0.411. The molecule has 1 N–H and O–H groups in total. The third-order valence-corrected chi connectivity index (χ3v) is 1.96. The number of ether oxygens (including phenoxy) is 1. The van der Waals surface area contributed by atoms with E-state index in [9.17, 15) is 14.7 Å². The van der Waals surface area contributed by atoms with Gasteiger partial charge in [0, 0.05) is 0 Å². The van der Waals surface area contributed by atoms with Crippen LogP contribution in [0.1, 0.15) is 29.3 Å². The van der Waals surface area contributed by atoms with Crippen LogP contribution in [-0.2, 0) is 9.53 Å². The van der Waals surface area contributed by atoms with Crippen LogP contribution in [0.25, 0.3) is 0 Å². The van der Waals surface area contributed by atoms with Crippen LogP contribution in [0, 0.1) is 11.8 Å². The summed E-state index contributed by atoms with van der Waals surface area (Å²) in [6, 6.07) is 4.66. The zero-order valence-electron chi connectivity index (χ0n) is 9.40. The summed E-state index contributed by atoms with van der Waals surface area (Å²) in [7, 11) is 0. The van der Waals surface area contributed by atoms with Crippen molar-refractivity contribution in [3.05, 3.63) is 29.3 Å². The van der Waals surface area contributed by atoms with E-state index in [0.29, 0.717) is 18.5 Å². The fourth-order valence-corrected chi connectivity index (χ4v) is 1.18. The molecule has 0 bridgehead atoms. The molecule has 0 aliphatic heterocycles. The van der Waals surface area contributed by atoms with Gasteiger partial charge in [0.2, 0.25) is 0 Å². The van der Waals surface area contributed by atoms with Gasteiger partial charge in [-0.15, -0.1) is 0 Å². The molecule has 4 nitrogen and oxygen atoms in total. The lowest BCUT2D eigenvalue weighted by molar-refractivity contribution is -0.141. The topological polar surface area (TPSA) is 63.6 Å². The van der Waals surface area contributed by atoms with Crippen LogP contribution in [0.2, 0.25) is 0 Å². The van der Waals surface area contributed by atoms with Gasteiger partial charge >= 0.3 is 5.97 Å². The Bertz CT molecular complexity index is 480. The van der Waals surface area contributed by atoms with Crippen molar-refractivity contribution in [3.63, 3.8) is 0 Å². The monoisotopic (exact) mass is 232 g/mol. The molecular weight excluding hydrogens is 220 g/mol. The van der Waals surface area contributed by atoms with E-state index in [1.54, 1.807) is 19.1 Å². The lowest BCUT2D eigenvalue weighted by atomic mass is 10.1. The molecule has 0 atom stereocenters. The first kappa shape index (κ1) is 12.8. The van der Waals surface area contributed by atoms with Crippen LogP contribution in [0.3, 0.4) is 0 Å². The molecule has 0 amide bonds. The Hall–Kier alpha value is -2.28. The summed E-state index contributed by atoms with van der Waals surface area (Å²) < 4.78 is 4.69. The lowest BCUT2D eigenvalue weighted by Crippen LogP contribution is -2.01. The molecule has 0 aliphatic rings. The summed E-state index contributed by atoms with van der Waals surface area (Å²) in [5.41, 5.74) is 0.492. The maximum atomic E-state index is 11.0. The fourth-order valence-electron chi connectivity index (χ4n) is 1.18. The van der Waals surface area contributed by atoms with Gasteiger partial charge in [0.05, 0.1) is 17.7 Å². The molecule has 4 heteroatoms. The summed E-state index contributed by atoms with van der Waals surface area (Å²) in [5, 5.41) is 9.61. The number of aromatic hydroxyl groups is 1. The number of carbonyl (C=O) groups excluding carboxylic acids is 2. The number of hydrogen-bond acceptors (Lipinski definition) is 4. The average Bonchev–Trinajstić information content (AvgIpc) is 2.32. The van der Waals surface area contributed by atoms with E-state index in [4.69, 9.17) is 4.74 Å². The van der Waals surface area contributed by atoms with Crippen LogP contribution >= 0.6 is 0 Å². The maximum Gasteiger partial charge on any atom is 0.317 e. The van der Waals surface area contributed by atoms with E-state index in [1.165, 1.54) is 6.07 Å². The minimum Gasteiger partial charge on any atom is -0.506 e. The van der Waals surface area contributed by atoms with E-state index in [1.807, 2.05) is 0 Å². The molecule has 0 spiro atoms. The van der Waals surface area contributed by atoms with Gasteiger partial charge in [-0.2, -0.15) is 0 Å². The standard InChI is InChI=1S/C13H12O4/c1-2-17-12(15)8-4-6-10-5-3-7-11(9-14)13(10)16/h3,5,7,9,16H,2,8H2,1H3. The van der Waals surface area contributed by atoms with E-state index >= 15 is 0 Å². The molecular formula is C13H12O4. The van der Waals surface area contributed by atoms with Crippen molar-refractivity contribution in [3.8, 4) is 17.6 Å². The van der Waals surface area contributed by atoms with Crippen LogP contribution in [0.5, 0.6) is 5.75 Å². The number of aldehydes is 1. The summed E-state index contributed by atoms with van der Waals surface area (Å²) in [6.45, 7) is 2.02. The van der Waals surface area contributed by atoms with Gasteiger partial charge in [-0.05, 0) is 19.1 Å². The highest BCUT2D eigenvalue weighted by molar-refractivity contribution is 5.81. The zero-order valence-corrected chi connectivity index (χ0v) is 9.40. The third-order valence-electron chi connectivity index (χ3n) is 1.96. The number of rotatable bonds is 3. The second-order valence-electron chi connectivity index (χ2n) is 3.14. The third kappa shape index (κ3) is 3.65. The number of phenols is 1. The van der Waals surface area contributed by atoms with Crippen molar-refractivity contribution in [1.29, 1.82) is 0 Å². The number of para-hydroxylation sites is 1. The highest BCUT2D eigenvalue weighted by Crippen LogP contribution is 2.19. The zero-order chi connectivity index (χ0) is 12.7. The van der Waals surface area contributed by atoms with Crippen molar-refractivity contribution in [2.45, 2.75) is 13.3 Å². The minimum absolute atomic E-state index is 0.0431. The first-order chi connectivity index (χ1) is 8.19. The highest BCUT2D eigenvalue weighted by Gasteiger charge is 2.03. The summed E-state index contributed by atoms with van der Waals surface area (Å²) >= 11 is 0. The highest BCUT2D eigenvalue weighted by atomic mass is 16.5. The molecule has 17 heavy (non-hydrogen) atoms. The average molecular weight is 232 g/mol. The molecule has 1 rings (SSSR count). The molecule has 0 heterocycles.